The molecule has 1 aliphatic heterocycles. The molecule has 5 nitrogen and oxygen atoms in total. The summed E-state index contributed by atoms with van der Waals surface area (Å²) in [7, 11) is 0. The van der Waals surface area contributed by atoms with Gasteiger partial charge in [-0.3, -0.25) is 4.79 Å². The number of esters is 1. The van der Waals surface area contributed by atoms with Gasteiger partial charge in [-0.2, -0.15) is 0 Å². The summed E-state index contributed by atoms with van der Waals surface area (Å²) in [5, 5.41) is 2.83. The Bertz CT molecular complexity index is 1080. The minimum absolute atomic E-state index is 0.258. The summed E-state index contributed by atoms with van der Waals surface area (Å²) in [6.45, 7) is 3.88. The molecule has 0 fully saturated rings. The summed E-state index contributed by atoms with van der Waals surface area (Å²) in [5.41, 5.74) is 5.18. The van der Waals surface area contributed by atoms with Gasteiger partial charge < -0.3 is 15.0 Å². The van der Waals surface area contributed by atoms with Gasteiger partial charge in [0.1, 0.15) is 0 Å². The van der Waals surface area contributed by atoms with E-state index >= 15 is 0 Å². The van der Waals surface area contributed by atoms with Gasteiger partial charge >= 0.3 is 5.97 Å². The molecule has 4 rings (SSSR count). The predicted octanol–water partition coefficient (Wildman–Crippen LogP) is 5.07. The molecule has 0 atom stereocenters. The van der Waals surface area contributed by atoms with Crippen molar-refractivity contribution >= 4 is 23.3 Å². The van der Waals surface area contributed by atoms with Crippen molar-refractivity contribution in [1.82, 2.24) is 0 Å². The van der Waals surface area contributed by atoms with Crippen LogP contribution in [-0.2, 0) is 17.7 Å². The van der Waals surface area contributed by atoms with Gasteiger partial charge in [0, 0.05) is 24.3 Å². The molecule has 0 saturated carbocycles. The predicted molar refractivity (Wildman–Crippen MR) is 123 cm³/mol. The number of carbonyl (C=O) groups excluding carboxylic acids is 2. The number of benzene rings is 3. The summed E-state index contributed by atoms with van der Waals surface area (Å²) in [4.78, 5) is 27.3. The van der Waals surface area contributed by atoms with E-state index in [0.717, 1.165) is 31.5 Å². The SMILES string of the molecule is CCOC(=O)c1ccccc1NC(=O)c1ccc(CN2CCCc3ccccc32)cc1. The van der Waals surface area contributed by atoms with Crippen LogP contribution < -0.4 is 10.2 Å². The van der Waals surface area contributed by atoms with Crippen molar-refractivity contribution in [3.8, 4) is 0 Å². The first-order valence-electron chi connectivity index (χ1n) is 10.6. The number of anilines is 2. The van der Waals surface area contributed by atoms with Gasteiger partial charge in [-0.1, -0.05) is 42.5 Å². The number of aryl methyl sites for hydroxylation is 1. The largest absolute Gasteiger partial charge is 0.462 e. The summed E-state index contributed by atoms with van der Waals surface area (Å²) >= 11 is 0. The van der Waals surface area contributed by atoms with Gasteiger partial charge in [0.25, 0.3) is 5.91 Å². The lowest BCUT2D eigenvalue weighted by atomic mass is 10.0. The molecule has 5 heteroatoms. The highest BCUT2D eigenvalue weighted by Crippen LogP contribution is 2.28. The van der Waals surface area contributed by atoms with Gasteiger partial charge in [0.2, 0.25) is 0 Å². The molecule has 1 N–H and O–H groups in total. The lowest BCUT2D eigenvalue weighted by molar-refractivity contribution is 0.0527. The molecule has 0 aliphatic carbocycles. The third-order valence-electron chi connectivity index (χ3n) is 5.47. The zero-order valence-corrected chi connectivity index (χ0v) is 17.6. The molecule has 0 radical (unpaired) electrons. The molecule has 1 amide bonds. The minimum atomic E-state index is -0.449. The van der Waals surface area contributed by atoms with Crippen molar-refractivity contribution in [3.63, 3.8) is 0 Å². The number of fused-ring (bicyclic) bond motifs is 1. The second-order valence-corrected chi connectivity index (χ2v) is 7.57. The van der Waals surface area contributed by atoms with Crippen molar-refractivity contribution in [2.45, 2.75) is 26.3 Å². The fourth-order valence-corrected chi connectivity index (χ4v) is 3.93. The van der Waals surface area contributed by atoms with Crippen LogP contribution in [0.5, 0.6) is 0 Å². The number of hydrogen-bond acceptors (Lipinski definition) is 4. The maximum absolute atomic E-state index is 12.7. The van der Waals surface area contributed by atoms with Crippen molar-refractivity contribution in [2.75, 3.05) is 23.4 Å². The van der Waals surface area contributed by atoms with Crippen molar-refractivity contribution in [3.05, 3.63) is 95.1 Å². The van der Waals surface area contributed by atoms with Crippen LogP contribution in [0.1, 0.15) is 45.2 Å². The van der Waals surface area contributed by atoms with E-state index in [1.165, 1.54) is 11.3 Å². The molecule has 0 spiro atoms. The number of nitrogens with one attached hydrogen (secondary N) is 1. The Labute approximate surface area is 182 Å². The number of nitrogens with zero attached hydrogens (tertiary/aromatic N) is 1. The number of para-hydroxylation sites is 2. The Morgan fingerprint density at radius 1 is 0.968 bits per heavy atom. The smallest absolute Gasteiger partial charge is 0.340 e. The molecule has 1 aliphatic rings. The number of carbonyl (C=O) groups is 2. The van der Waals surface area contributed by atoms with Gasteiger partial charge in [0.15, 0.2) is 0 Å². The molecule has 158 valence electrons. The molecular weight excluding hydrogens is 388 g/mol. The molecule has 3 aromatic carbocycles. The van der Waals surface area contributed by atoms with Gasteiger partial charge in [-0.25, -0.2) is 4.79 Å². The molecule has 3 aromatic rings. The third-order valence-corrected chi connectivity index (χ3v) is 5.47. The first-order valence-corrected chi connectivity index (χ1v) is 10.6. The summed E-state index contributed by atoms with van der Waals surface area (Å²) in [5.74, 6) is -0.706. The van der Waals surface area contributed by atoms with Crippen LogP contribution in [0.3, 0.4) is 0 Å². The lowest BCUT2D eigenvalue weighted by Crippen LogP contribution is -2.28. The van der Waals surface area contributed by atoms with Crippen LogP contribution in [0.2, 0.25) is 0 Å². The van der Waals surface area contributed by atoms with E-state index in [0.29, 0.717) is 16.8 Å². The second-order valence-electron chi connectivity index (χ2n) is 7.57. The quantitative estimate of drug-likeness (QED) is 0.572. The highest BCUT2D eigenvalue weighted by molar-refractivity contribution is 6.08. The molecular formula is C26H26N2O3. The van der Waals surface area contributed by atoms with Gasteiger partial charge in [0.05, 0.1) is 17.9 Å². The number of rotatable bonds is 6. The normalized spacial score (nSPS) is 12.7. The Balaban J connectivity index is 1.45. The van der Waals surface area contributed by atoms with E-state index in [9.17, 15) is 9.59 Å². The van der Waals surface area contributed by atoms with Crippen molar-refractivity contribution in [2.24, 2.45) is 0 Å². The Morgan fingerprint density at radius 2 is 1.71 bits per heavy atom. The van der Waals surface area contributed by atoms with E-state index in [1.807, 2.05) is 24.3 Å². The summed E-state index contributed by atoms with van der Waals surface area (Å²) in [6, 6.07) is 23.1. The Morgan fingerprint density at radius 3 is 2.52 bits per heavy atom. The van der Waals surface area contributed by atoms with Gasteiger partial charge in [-0.05, 0) is 61.2 Å². The molecule has 31 heavy (non-hydrogen) atoms. The fraction of sp³-hybridized carbons (Fsp3) is 0.231. The first-order chi connectivity index (χ1) is 15.2. The third kappa shape index (κ3) is 4.77. The summed E-state index contributed by atoms with van der Waals surface area (Å²) < 4.78 is 5.07. The molecule has 0 saturated heterocycles. The fourth-order valence-electron chi connectivity index (χ4n) is 3.93. The van der Waals surface area contributed by atoms with Crippen LogP contribution in [-0.4, -0.2) is 25.0 Å². The van der Waals surface area contributed by atoms with Crippen LogP contribution in [0, 0.1) is 0 Å². The van der Waals surface area contributed by atoms with E-state index in [-0.39, 0.29) is 12.5 Å². The first kappa shape index (κ1) is 20.7. The zero-order valence-electron chi connectivity index (χ0n) is 17.6. The number of amides is 1. The molecule has 0 aromatic heterocycles. The van der Waals surface area contributed by atoms with Crippen molar-refractivity contribution < 1.29 is 14.3 Å². The maximum atomic E-state index is 12.7. The lowest BCUT2D eigenvalue weighted by Gasteiger charge is -2.31. The Hall–Kier alpha value is -3.60. The van der Waals surface area contributed by atoms with E-state index in [2.05, 4.69) is 34.5 Å². The highest BCUT2D eigenvalue weighted by Gasteiger charge is 2.17. The zero-order chi connectivity index (χ0) is 21.6. The van der Waals surface area contributed by atoms with Crippen LogP contribution in [0.4, 0.5) is 11.4 Å². The maximum Gasteiger partial charge on any atom is 0.340 e. The highest BCUT2D eigenvalue weighted by atomic mass is 16.5. The van der Waals surface area contributed by atoms with E-state index in [4.69, 9.17) is 4.74 Å². The number of ether oxygens (including phenoxy) is 1. The van der Waals surface area contributed by atoms with Crippen LogP contribution >= 0.6 is 0 Å². The Kier molecular flexibility index (Phi) is 6.32. The van der Waals surface area contributed by atoms with Crippen LogP contribution in [0.15, 0.2) is 72.8 Å². The van der Waals surface area contributed by atoms with E-state index < -0.39 is 5.97 Å². The number of hydrogen-bond donors (Lipinski definition) is 1. The monoisotopic (exact) mass is 414 g/mol. The average Bonchev–Trinajstić information content (AvgIpc) is 2.80. The van der Waals surface area contributed by atoms with Crippen molar-refractivity contribution in [1.29, 1.82) is 0 Å². The molecule has 0 unspecified atom stereocenters. The minimum Gasteiger partial charge on any atom is -0.462 e. The van der Waals surface area contributed by atoms with E-state index in [1.54, 1.807) is 31.2 Å². The topological polar surface area (TPSA) is 58.6 Å². The standard InChI is InChI=1S/C26H26N2O3/c1-2-31-26(30)22-10-4-5-11-23(22)27-25(29)21-15-13-19(14-16-21)18-28-17-7-9-20-8-3-6-12-24(20)28/h3-6,8,10-16H,2,7,9,17-18H2,1H3,(H,27,29). The average molecular weight is 415 g/mol. The second kappa shape index (κ2) is 9.47. The molecule has 0 bridgehead atoms. The van der Waals surface area contributed by atoms with Gasteiger partial charge in [-0.15, -0.1) is 0 Å². The van der Waals surface area contributed by atoms with Crippen LogP contribution in [0.25, 0.3) is 0 Å². The summed E-state index contributed by atoms with van der Waals surface area (Å²) in [6.07, 6.45) is 2.27. The molecule has 1 heterocycles.